The third kappa shape index (κ3) is 3.90. The number of benzene rings is 1. The molecule has 118 valence electrons. The van der Waals surface area contributed by atoms with Gasteiger partial charge in [-0.2, -0.15) is 0 Å². The van der Waals surface area contributed by atoms with Gasteiger partial charge in [-0.3, -0.25) is 4.31 Å². The molecule has 0 unspecified atom stereocenters. The zero-order chi connectivity index (χ0) is 15.3. The molecule has 1 aliphatic carbocycles. The lowest BCUT2D eigenvalue weighted by atomic mass is 10.0. The van der Waals surface area contributed by atoms with E-state index in [1.165, 1.54) is 0 Å². The number of nitrogens with zero attached hydrogens (tertiary/aromatic N) is 1. The minimum atomic E-state index is -3.31. The Balaban J connectivity index is 2.27. The van der Waals surface area contributed by atoms with Gasteiger partial charge in [-0.1, -0.05) is 32.6 Å². The van der Waals surface area contributed by atoms with Crippen molar-refractivity contribution in [2.75, 3.05) is 10.8 Å². The topological polar surface area (TPSA) is 57.6 Å². The zero-order valence-electron chi connectivity index (χ0n) is 12.7. The Kier molecular flexibility index (Phi) is 5.51. The van der Waals surface area contributed by atoms with Crippen molar-refractivity contribution < 1.29 is 13.5 Å². The fraction of sp³-hybridized carbons (Fsp3) is 0.625. The Morgan fingerprint density at radius 1 is 1.14 bits per heavy atom. The maximum Gasteiger partial charge on any atom is 0.238 e. The number of hydrogen-bond acceptors (Lipinski definition) is 3. The minimum absolute atomic E-state index is 0.157. The first-order valence-electron chi connectivity index (χ1n) is 7.86. The molecule has 1 N–H and O–H groups in total. The summed E-state index contributed by atoms with van der Waals surface area (Å²) in [5.41, 5.74) is 0.659. The lowest BCUT2D eigenvalue weighted by Gasteiger charge is -2.31. The summed E-state index contributed by atoms with van der Waals surface area (Å²) in [6.07, 6.45) is 6.47. The summed E-state index contributed by atoms with van der Waals surface area (Å²) < 4.78 is 27.4. The first-order valence-corrected chi connectivity index (χ1v) is 9.36. The highest BCUT2D eigenvalue weighted by Crippen LogP contribution is 2.30. The van der Waals surface area contributed by atoms with Gasteiger partial charge in [0.15, 0.2) is 0 Å². The predicted octanol–water partition coefficient (Wildman–Crippen LogP) is 3.66. The van der Waals surface area contributed by atoms with E-state index in [-0.39, 0.29) is 11.0 Å². The van der Waals surface area contributed by atoms with E-state index in [9.17, 15) is 13.5 Å². The standard InChI is InChI=1S/C16H25NO3S/c1-2-3-13-17(14-9-11-15(18)12-10-14)21(19,20)16-7-5-4-6-8-16/h9-12,16,18H,2-8,13H2,1H3. The van der Waals surface area contributed by atoms with Crippen LogP contribution in [0.15, 0.2) is 24.3 Å². The minimum Gasteiger partial charge on any atom is -0.508 e. The van der Waals surface area contributed by atoms with Gasteiger partial charge in [0.2, 0.25) is 10.0 Å². The van der Waals surface area contributed by atoms with E-state index in [0.29, 0.717) is 12.2 Å². The second kappa shape index (κ2) is 7.16. The van der Waals surface area contributed by atoms with E-state index in [4.69, 9.17) is 0 Å². The monoisotopic (exact) mass is 311 g/mol. The van der Waals surface area contributed by atoms with E-state index in [2.05, 4.69) is 6.92 Å². The van der Waals surface area contributed by atoms with Crippen LogP contribution in [0.4, 0.5) is 5.69 Å². The summed E-state index contributed by atoms with van der Waals surface area (Å²) in [6, 6.07) is 6.46. The second-order valence-electron chi connectivity index (χ2n) is 5.75. The molecule has 1 saturated carbocycles. The molecule has 4 nitrogen and oxygen atoms in total. The van der Waals surface area contributed by atoms with Crippen molar-refractivity contribution in [3.05, 3.63) is 24.3 Å². The molecule has 0 radical (unpaired) electrons. The molecule has 1 aromatic rings. The molecule has 0 atom stereocenters. The summed E-state index contributed by atoms with van der Waals surface area (Å²) in [7, 11) is -3.31. The van der Waals surface area contributed by atoms with Gasteiger partial charge in [0.1, 0.15) is 5.75 Å². The van der Waals surface area contributed by atoms with Gasteiger partial charge < -0.3 is 5.11 Å². The summed E-state index contributed by atoms with van der Waals surface area (Å²) in [6.45, 7) is 2.57. The lowest BCUT2D eigenvalue weighted by Crippen LogP contribution is -2.40. The normalized spacial score (nSPS) is 16.8. The third-order valence-corrected chi connectivity index (χ3v) is 6.45. The fourth-order valence-corrected chi connectivity index (χ4v) is 4.95. The fourth-order valence-electron chi connectivity index (χ4n) is 2.87. The molecule has 1 aliphatic rings. The lowest BCUT2D eigenvalue weighted by molar-refractivity contribution is 0.475. The van der Waals surface area contributed by atoms with Crippen molar-refractivity contribution in [1.29, 1.82) is 0 Å². The van der Waals surface area contributed by atoms with Crippen molar-refractivity contribution in [1.82, 2.24) is 0 Å². The van der Waals surface area contributed by atoms with E-state index < -0.39 is 10.0 Å². The Labute approximate surface area is 127 Å². The first kappa shape index (κ1) is 16.1. The number of hydrogen-bond donors (Lipinski definition) is 1. The summed E-state index contributed by atoms with van der Waals surface area (Å²) in [5, 5.41) is 9.15. The molecule has 2 rings (SSSR count). The molecule has 0 aromatic heterocycles. The van der Waals surface area contributed by atoms with Crippen LogP contribution in [0.1, 0.15) is 51.9 Å². The van der Waals surface area contributed by atoms with Crippen LogP contribution in [0, 0.1) is 0 Å². The largest absolute Gasteiger partial charge is 0.508 e. The maximum atomic E-state index is 12.9. The molecule has 0 aliphatic heterocycles. The highest BCUT2D eigenvalue weighted by molar-refractivity contribution is 7.93. The average molecular weight is 311 g/mol. The Morgan fingerprint density at radius 3 is 2.33 bits per heavy atom. The summed E-state index contributed by atoms with van der Waals surface area (Å²) in [5.74, 6) is 0.157. The van der Waals surface area contributed by atoms with Gasteiger partial charge >= 0.3 is 0 Å². The number of rotatable bonds is 6. The maximum absolute atomic E-state index is 12.9. The summed E-state index contributed by atoms with van der Waals surface area (Å²) >= 11 is 0. The van der Waals surface area contributed by atoms with E-state index >= 15 is 0 Å². The molecular formula is C16H25NO3S. The molecule has 1 fully saturated rings. The molecular weight excluding hydrogens is 286 g/mol. The SMILES string of the molecule is CCCCN(c1ccc(O)cc1)S(=O)(=O)C1CCCCC1. The molecule has 0 saturated heterocycles. The van der Waals surface area contributed by atoms with Crippen molar-refractivity contribution in [2.45, 2.75) is 57.1 Å². The number of anilines is 1. The van der Waals surface area contributed by atoms with Gasteiger partial charge in [0, 0.05) is 6.54 Å². The summed E-state index contributed by atoms with van der Waals surface area (Å²) in [4.78, 5) is 0. The number of sulfonamides is 1. The van der Waals surface area contributed by atoms with Crippen LogP contribution >= 0.6 is 0 Å². The predicted molar refractivity (Wildman–Crippen MR) is 86.2 cm³/mol. The smallest absolute Gasteiger partial charge is 0.238 e. The van der Waals surface area contributed by atoms with Gasteiger partial charge in [-0.05, 0) is 43.5 Å². The number of unbranched alkanes of at least 4 members (excludes halogenated alkanes) is 1. The van der Waals surface area contributed by atoms with Crippen molar-refractivity contribution in [3.63, 3.8) is 0 Å². The van der Waals surface area contributed by atoms with Crippen LogP contribution in [-0.2, 0) is 10.0 Å². The van der Waals surface area contributed by atoms with Crippen molar-refractivity contribution in [3.8, 4) is 5.75 Å². The van der Waals surface area contributed by atoms with Crippen LogP contribution in [0.25, 0.3) is 0 Å². The highest BCUT2D eigenvalue weighted by atomic mass is 32.2. The van der Waals surface area contributed by atoms with Gasteiger partial charge in [0.05, 0.1) is 10.9 Å². The Hall–Kier alpha value is -1.23. The molecule has 0 spiro atoms. The van der Waals surface area contributed by atoms with E-state index in [1.807, 2.05) is 0 Å². The third-order valence-electron chi connectivity index (χ3n) is 4.13. The van der Waals surface area contributed by atoms with Crippen LogP contribution in [-0.4, -0.2) is 25.3 Å². The molecule has 21 heavy (non-hydrogen) atoms. The molecule has 5 heteroatoms. The molecule has 0 bridgehead atoms. The van der Waals surface area contributed by atoms with E-state index in [0.717, 1.165) is 44.9 Å². The number of aromatic hydroxyl groups is 1. The average Bonchev–Trinajstić information content (AvgIpc) is 2.50. The van der Waals surface area contributed by atoms with Crippen molar-refractivity contribution in [2.24, 2.45) is 0 Å². The van der Waals surface area contributed by atoms with Crippen LogP contribution in [0.2, 0.25) is 0 Å². The first-order chi connectivity index (χ1) is 10.1. The van der Waals surface area contributed by atoms with E-state index in [1.54, 1.807) is 28.6 Å². The van der Waals surface area contributed by atoms with Gasteiger partial charge in [0.25, 0.3) is 0 Å². The second-order valence-corrected chi connectivity index (χ2v) is 7.88. The van der Waals surface area contributed by atoms with Gasteiger partial charge in [-0.15, -0.1) is 0 Å². The quantitative estimate of drug-likeness (QED) is 0.872. The Bertz CT molecular complexity index is 533. The van der Waals surface area contributed by atoms with Crippen LogP contribution in [0.3, 0.4) is 0 Å². The van der Waals surface area contributed by atoms with Gasteiger partial charge in [-0.25, -0.2) is 8.42 Å². The molecule has 0 amide bonds. The Morgan fingerprint density at radius 2 is 1.76 bits per heavy atom. The van der Waals surface area contributed by atoms with Crippen LogP contribution < -0.4 is 4.31 Å². The van der Waals surface area contributed by atoms with Crippen LogP contribution in [0.5, 0.6) is 5.75 Å². The number of phenols is 1. The van der Waals surface area contributed by atoms with Crippen molar-refractivity contribution >= 4 is 15.7 Å². The molecule has 1 aromatic carbocycles. The molecule has 0 heterocycles. The zero-order valence-corrected chi connectivity index (χ0v) is 13.5. The highest BCUT2D eigenvalue weighted by Gasteiger charge is 2.32. The number of phenolic OH excluding ortho intramolecular Hbond substituents is 1.